The van der Waals surface area contributed by atoms with E-state index in [1.54, 1.807) is 0 Å². The first-order valence-corrected chi connectivity index (χ1v) is 7.26. The van der Waals surface area contributed by atoms with Crippen LogP contribution in [0.2, 0.25) is 0 Å². The summed E-state index contributed by atoms with van der Waals surface area (Å²) in [6.07, 6.45) is 7.63. The Hall–Kier alpha value is -2.10. The van der Waals surface area contributed by atoms with Gasteiger partial charge in [0.15, 0.2) is 0 Å². The number of anilines is 2. The molecule has 1 saturated heterocycles. The molecule has 0 saturated carbocycles. The molecule has 0 amide bonds. The van der Waals surface area contributed by atoms with Gasteiger partial charge in [-0.1, -0.05) is 6.07 Å². The average Bonchev–Trinajstić information content (AvgIpc) is 2.55. The monoisotopic (exact) mass is 268 g/mol. The molecule has 0 unspecified atom stereocenters. The largest absolute Gasteiger partial charge is 0.378 e. The second-order valence-electron chi connectivity index (χ2n) is 5.13. The number of nitrogens with zero attached hydrogens (tertiary/aromatic N) is 3. The minimum Gasteiger partial charge on any atom is -0.378 e. The third-order valence-electron chi connectivity index (χ3n) is 3.63. The van der Waals surface area contributed by atoms with E-state index in [1.165, 1.54) is 19.3 Å². The molecule has 104 valence electrons. The van der Waals surface area contributed by atoms with E-state index >= 15 is 0 Å². The SMILES string of the molecule is c1ccc(CNc2ccc(N3CCCCC3)nc2)nc1. The zero-order valence-corrected chi connectivity index (χ0v) is 11.6. The molecule has 20 heavy (non-hydrogen) atoms. The lowest BCUT2D eigenvalue weighted by molar-refractivity contribution is 0.573. The van der Waals surface area contributed by atoms with E-state index < -0.39 is 0 Å². The van der Waals surface area contributed by atoms with Crippen LogP contribution in [0.3, 0.4) is 0 Å². The highest BCUT2D eigenvalue weighted by Crippen LogP contribution is 2.19. The molecule has 0 spiro atoms. The van der Waals surface area contributed by atoms with Crippen LogP contribution < -0.4 is 10.2 Å². The van der Waals surface area contributed by atoms with Crippen molar-refractivity contribution in [1.82, 2.24) is 9.97 Å². The lowest BCUT2D eigenvalue weighted by atomic mass is 10.1. The summed E-state index contributed by atoms with van der Waals surface area (Å²) in [6, 6.07) is 10.1. The van der Waals surface area contributed by atoms with Crippen LogP contribution in [-0.2, 0) is 6.54 Å². The van der Waals surface area contributed by atoms with Gasteiger partial charge in [-0.15, -0.1) is 0 Å². The van der Waals surface area contributed by atoms with Crippen LogP contribution >= 0.6 is 0 Å². The molecule has 0 bridgehead atoms. The molecule has 1 fully saturated rings. The Bertz CT molecular complexity index is 518. The highest BCUT2D eigenvalue weighted by Gasteiger charge is 2.11. The third-order valence-corrected chi connectivity index (χ3v) is 3.63. The van der Waals surface area contributed by atoms with Gasteiger partial charge in [0.05, 0.1) is 24.1 Å². The summed E-state index contributed by atoms with van der Waals surface area (Å²) in [5.41, 5.74) is 2.07. The van der Waals surface area contributed by atoms with Crippen molar-refractivity contribution in [1.29, 1.82) is 0 Å². The van der Waals surface area contributed by atoms with E-state index in [2.05, 4.69) is 32.3 Å². The molecule has 0 aromatic carbocycles. The molecule has 0 atom stereocenters. The van der Waals surface area contributed by atoms with Gasteiger partial charge in [0.25, 0.3) is 0 Å². The lowest BCUT2D eigenvalue weighted by Crippen LogP contribution is -2.30. The van der Waals surface area contributed by atoms with E-state index in [1.807, 2.05) is 30.6 Å². The van der Waals surface area contributed by atoms with Gasteiger partial charge in [0, 0.05) is 19.3 Å². The predicted molar refractivity (Wildman–Crippen MR) is 81.9 cm³/mol. The molecule has 4 heteroatoms. The number of rotatable bonds is 4. The van der Waals surface area contributed by atoms with E-state index in [4.69, 9.17) is 0 Å². The summed E-state index contributed by atoms with van der Waals surface area (Å²) in [6.45, 7) is 2.99. The number of piperidine rings is 1. The van der Waals surface area contributed by atoms with Crippen LogP contribution in [-0.4, -0.2) is 23.1 Å². The molecular formula is C16H20N4. The Morgan fingerprint density at radius 1 is 1.00 bits per heavy atom. The number of hydrogen-bond donors (Lipinski definition) is 1. The normalized spacial score (nSPS) is 15.1. The van der Waals surface area contributed by atoms with Gasteiger partial charge in [0.1, 0.15) is 5.82 Å². The van der Waals surface area contributed by atoms with Crippen LogP contribution in [0.5, 0.6) is 0 Å². The first-order chi connectivity index (χ1) is 9.92. The molecule has 0 radical (unpaired) electrons. The topological polar surface area (TPSA) is 41.0 Å². The summed E-state index contributed by atoms with van der Waals surface area (Å²) in [5.74, 6) is 1.09. The summed E-state index contributed by atoms with van der Waals surface area (Å²) in [4.78, 5) is 11.2. The number of hydrogen-bond acceptors (Lipinski definition) is 4. The molecular weight excluding hydrogens is 248 g/mol. The van der Waals surface area contributed by atoms with Crippen molar-refractivity contribution in [2.24, 2.45) is 0 Å². The Morgan fingerprint density at radius 3 is 2.60 bits per heavy atom. The average molecular weight is 268 g/mol. The quantitative estimate of drug-likeness (QED) is 0.925. The smallest absolute Gasteiger partial charge is 0.128 e. The molecule has 1 aliphatic heterocycles. The summed E-state index contributed by atoms with van der Waals surface area (Å²) in [5, 5.41) is 3.35. The molecule has 2 aromatic rings. The predicted octanol–water partition coefficient (Wildman–Crippen LogP) is 3.08. The van der Waals surface area contributed by atoms with Crippen LogP contribution in [0, 0.1) is 0 Å². The van der Waals surface area contributed by atoms with Gasteiger partial charge in [-0.2, -0.15) is 0 Å². The van der Waals surface area contributed by atoms with E-state index in [0.29, 0.717) is 0 Å². The Labute approximate surface area is 119 Å². The van der Waals surface area contributed by atoms with Gasteiger partial charge in [-0.05, 0) is 43.5 Å². The summed E-state index contributed by atoms with van der Waals surface area (Å²) < 4.78 is 0. The molecule has 1 aliphatic rings. The first kappa shape index (κ1) is 12.9. The highest BCUT2D eigenvalue weighted by molar-refractivity contribution is 5.48. The van der Waals surface area contributed by atoms with Gasteiger partial charge >= 0.3 is 0 Å². The van der Waals surface area contributed by atoms with Crippen molar-refractivity contribution >= 4 is 11.5 Å². The fourth-order valence-corrected chi connectivity index (χ4v) is 2.50. The number of pyridine rings is 2. The molecule has 3 heterocycles. The fraction of sp³-hybridized carbons (Fsp3) is 0.375. The van der Waals surface area contributed by atoms with Gasteiger partial charge in [-0.25, -0.2) is 4.98 Å². The fourth-order valence-electron chi connectivity index (χ4n) is 2.50. The maximum atomic E-state index is 4.56. The lowest BCUT2D eigenvalue weighted by Gasteiger charge is -2.27. The van der Waals surface area contributed by atoms with Crippen molar-refractivity contribution in [2.45, 2.75) is 25.8 Å². The van der Waals surface area contributed by atoms with Gasteiger partial charge < -0.3 is 10.2 Å². The van der Waals surface area contributed by atoms with Crippen LogP contribution in [0.4, 0.5) is 11.5 Å². The van der Waals surface area contributed by atoms with Gasteiger partial charge in [-0.3, -0.25) is 4.98 Å². The van der Waals surface area contributed by atoms with Crippen molar-refractivity contribution in [3.8, 4) is 0 Å². The number of aromatic nitrogens is 2. The van der Waals surface area contributed by atoms with E-state index in [9.17, 15) is 0 Å². The van der Waals surface area contributed by atoms with Crippen molar-refractivity contribution in [3.05, 3.63) is 48.4 Å². The molecule has 3 rings (SSSR count). The van der Waals surface area contributed by atoms with Crippen molar-refractivity contribution in [2.75, 3.05) is 23.3 Å². The highest BCUT2D eigenvalue weighted by atomic mass is 15.2. The molecule has 2 aromatic heterocycles. The maximum Gasteiger partial charge on any atom is 0.128 e. The molecule has 1 N–H and O–H groups in total. The van der Waals surface area contributed by atoms with Crippen molar-refractivity contribution < 1.29 is 0 Å². The van der Waals surface area contributed by atoms with Crippen LogP contribution in [0.1, 0.15) is 25.0 Å². The van der Waals surface area contributed by atoms with Gasteiger partial charge in [0.2, 0.25) is 0 Å². The molecule has 0 aliphatic carbocycles. The molecule has 4 nitrogen and oxygen atoms in total. The van der Waals surface area contributed by atoms with Crippen molar-refractivity contribution in [3.63, 3.8) is 0 Å². The summed E-state index contributed by atoms with van der Waals surface area (Å²) >= 11 is 0. The maximum absolute atomic E-state index is 4.56. The Kier molecular flexibility index (Phi) is 4.11. The van der Waals surface area contributed by atoms with E-state index in [-0.39, 0.29) is 0 Å². The Morgan fingerprint density at radius 2 is 1.90 bits per heavy atom. The first-order valence-electron chi connectivity index (χ1n) is 7.26. The zero-order valence-electron chi connectivity index (χ0n) is 11.6. The summed E-state index contributed by atoms with van der Waals surface area (Å²) in [7, 11) is 0. The second-order valence-corrected chi connectivity index (χ2v) is 5.13. The standard InChI is InChI=1S/C16H20N4/c1-4-10-20(11-5-1)16-8-7-15(13-19-16)18-12-14-6-2-3-9-17-14/h2-3,6-9,13,18H,1,4-5,10-12H2. The third kappa shape index (κ3) is 3.26. The number of nitrogens with one attached hydrogen (secondary N) is 1. The zero-order chi connectivity index (χ0) is 13.6. The second kappa shape index (κ2) is 6.37. The minimum atomic E-state index is 0.728. The van der Waals surface area contributed by atoms with Crippen LogP contribution in [0.15, 0.2) is 42.7 Å². The Balaban J connectivity index is 1.58. The minimum absolute atomic E-state index is 0.728. The van der Waals surface area contributed by atoms with Crippen LogP contribution in [0.25, 0.3) is 0 Å². The van der Waals surface area contributed by atoms with E-state index in [0.717, 1.165) is 36.8 Å².